The number of ether oxygens (including phenoxy) is 1. The fraction of sp³-hybridized carbons (Fsp3) is 0.286. The molecule has 0 saturated heterocycles. The van der Waals surface area contributed by atoms with E-state index in [1.165, 1.54) is 0 Å². The molecule has 1 atom stereocenters. The fourth-order valence-corrected chi connectivity index (χ4v) is 3.92. The lowest BCUT2D eigenvalue weighted by atomic mass is 10.1. The second kappa shape index (κ2) is 8.06. The maximum absolute atomic E-state index is 12.9. The number of amidine groups is 1. The number of amides is 1. The van der Waals surface area contributed by atoms with Crippen LogP contribution in [-0.4, -0.2) is 28.4 Å². The van der Waals surface area contributed by atoms with Gasteiger partial charge in [0, 0.05) is 11.0 Å². The van der Waals surface area contributed by atoms with E-state index >= 15 is 0 Å². The van der Waals surface area contributed by atoms with E-state index in [0.717, 1.165) is 34.1 Å². The summed E-state index contributed by atoms with van der Waals surface area (Å²) >= 11 is 1.55. The number of hydrogen-bond acceptors (Lipinski definition) is 6. The van der Waals surface area contributed by atoms with Crippen molar-refractivity contribution in [3.05, 3.63) is 64.7 Å². The Kier molecular flexibility index (Phi) is 5.34. The van der Waals surface area contributed by atoms with Crippen molar-refractivity contribution in [1.82, 2.24) is 10.3 Å². The third-order valence-electron chi connectivity index (χ3n) is 4.45. The molecule has 0 unspecified atom stereocenters. The molecular formula is C21H22N4O2S. The van der Waals surface area contributed by atoms with Crippen molar-refractivity contribution in [3.8, 4) is 5.75 Å². The van der Waals surface area contributed by atoms with Gasteiger partial charge in [-0.1, -0.05) is 49.0 Å². The fourth-order valence-electron chi connectivity index (χ4n) is 3.21. The molecule has 2 aromatic carbocycles. The topological polar surface area (TPSA) is 66.3 Å². The van der Waals surface area contributed by atoms with Crippen molar-refractivity contribution in [2.75, 3.05) is 12.4 Å². The van der Waals surface area contributed by atoms with E-state index in [2.05, 4.69) is 12.2 Å². The van der Waals surface area contributed by atoms with Gasteiger partial charge in [-0.15, -0.1) is 5.10 Å². The first-order chi connectivity index (χ1) is 13.7. The van der Waals surface area contributed by atoms with Crippen molar-refractivity contribution >= 4 is 28.5 Å². The molecule has 28 heavy (non-hydrogen) atoms. The Hall–Kier alpha value is -2.80. The average Bonchev–Trinajstić information content (AvgIpc) is 2.72. The Balaban J connectivity index is 1.82. The third-order valence-corrected chi connectivity index (χ3v) is 5.52. The zero-order valence-corrected chi connectivity index (χ0v) is 16.7. The lowest BCUT2D eigenvalue weighted by molar-refractivity contribution is -0.116. The van der Waals surface area contributed by atoms with E-state index in [1.807, 2.05) is 55.5 Å². The number of hydrazone groups is 1. The van der Waals surface area contributed by atoms with Gasteiger partial charge in [0.25, 0.3) is 5.91 Å². The summed E-state index contributed by atoms with van der Waals surface area (Å²) in [6, 6.07) is 15.5. The number of carbonyl (C=O) groups excluding carboxylic acids is 1. The second-order valence-electron chi connectivity index (χ2n) is 6.42. The van der Waals surface area contributed by atoms with Crippen LogP contribution in [0.2, 0.25) is 0 Å². The number of rotatable bonds is 5. The van der Waals surface area contributed by atoms with Crippen LogP contribution in [0, 0.1) is 0 Å². The van der Waals surface area contributed by atoms with Crippen molar-refractivity contribution < 1.29 is 9.53 Å². The number of carbonyl (C=O) groups is 1. The van der Waals surface area contributed by atoms with E-state index in [9.17, 15) is 4.79 Å². The van der Waals surface area contributed by atoms with Crippen LogP contribution in [0.3, 0.4) is 0 Å². The van der Waals surface area contributed by atoms with Crippen molar-refractivity contribution in [2.24, 2.45) is 10.1 Å². The van der Waals surface area contributed by atoms with Gasteiger partial charge < -0.3 is 4.74 Å². The highest BCUT2D eigenvalue weighted by atomic mass is 32.2. The zero-order valence-electron chi connectivity index (χ0n) is 15.9. The summed E-state index contributed by atoms with van der Waals surface area (Å²) in [6.45, 7) is 4.68. The molecule has 0 aromatic heterocycles. The third kappa shape index (κ3) is 3.49. The minimum absolute atomic E-state index is 0.146. The van der Waals surface area contributed by atoms with Crippen LogP contribution in [0.25, 0.3) is 5.70 Å². The predicted molar refractivity (Wildman–Crippen MR) is 111 cm³/mol. The Morgan fingerprint density at radius 2 is 1.93 bits per heavy atom. The summed E-state index contributed by atoms with van der Waals surface area (Å²) in [7, 11) is 0. The van der Waals surface area contributed by atoms with Gasteiger partial charge in [0.1, 0.15) is 11.4 Å². The molecule has 1 N–H and O–H groups in total. The van der Waals surface area contributed by atoms with E-state index in [4.69, 9.17) is 14.8 Å². The number of fused-ring (bicyclic) bond motifs is 2. The molecule has 6 nitrogen and oxygen atoms in total. The zero-order chi connectivity index (χ0) is 19.5. The Morgan fingerprint density at radius 3 is 2.68 bits per heavy atom. The van der Waals surface area contributed by atoms with Gasteiger partial charge in [-0.25, -0.2) is 5.01 Å². The summed E-state index contributed by atoms with van der Waals surface area (Å²) in [5, 5.41) is 11.6. The minimum atomic E-state index is -0.399. The lowest BCUT2D eigenvalue weighted by Gasteiger charge is -2.34. The van der Waals surface area contributed by atoms with E-state index in [-0.39, 0.29) is 5.91 Å². The van der Waals surface area contributed by atoms with Crippen molar-refractivity contribution in [2.45, 2.75) is 26.4 Å². The van der Waals surface area contributed by atoms with Crippen LogP contribution in [0.15, 0.2) is 58.6 Å². The molecule has 0 radical (unpaired) electrons. The van der Waals surface area contributed by atoms with Crippen molar-refractivity contribution in [1.29, 1.82) is 0 Å². The molecule has 4 rings (SSSR count). The predicted octanol–water partition coefficient (Wildman–Crippen LogP) is 2.37. The molecule has 0 saturated carbocycles. The van der Waals surface area contributed by atoms with Gasteiger partial charge >= 0.3 is 0 Å². The summed E-state index contributed by atoms with van der Waals surface area (Å²) < 4.78 is 5.55. The molecule has 1 amide bonds. The second-order valence-corrected chi connectivity index (χ2v) is 7.51. The van der Waals surface area contributed by atoms with Crippen LogP contribution in [-0.2, 0) is 4.79 Å². The van der Waals surface area contributed by atoms with Gasteiger partial charge in [-0.3, -0.25) is 15.1 Å². The molecular weight excluding hydrogens is 372 g/mol. The Bertz CT molecular complexity index is 1030. The largest absolute Gasteiger partial charge is 0.494 e. The SMILES string of the molecule is CCCSC1=NN2C(=c3ccccc3=N[C@@H]2c2ccc(OCC)cc2)C(=O)N1. The first-order valence-electron chi connectivity index (χ1n) is 9.43. The minimum Gasteiger partial charge on any atom is -0.494 e. The van der Waals surface area contributed by atoms with Gasteiger partial charge in [-0.2, -0.15) is 0 Å². The van der Waals surface area contributed by atoms with E-state index < -0.39 is 6.17 Å². The van der Waals surface area contributed by atoms with Crippen LogP contribution in [0.5, 0.6) is 5.75 Å². The molecule has 2 aliphatic heterocycles. The first-order valence-corrected chi connectivity index (χ1v) is 10.4. The Morgan fingerprint density at radius 1 is 1.14 bits per heavy atom. The van der Waals surface area contributed by atoms with Gasteiger partial charge in [-0.05, 0) is 37.1 Å². The molecule has 0 aliphatic carbocycles. The summed E-state index contributed by atoms with van der Waals surface area (Å²) in [5.41, 5.74) is 1.49. The monoisotopic (exact) mass is 394 g/mol. The number of nitrogens with one attached hydrogen (secondary N) is 1. The molecule has 0 spiro atoms. The highest BCUT2D eigenvalue weighted by Gasteiger charge is 2.34. The van der Waals surface area contributed by atoms with Crippen LogP contribution >= 0.6 is 11.8 Å². The highest BCUT2D eigenvalue weighted by molar-refractivity contribution is 8.13. The maximum Gasteiger partial charge on any atom is 0.276 e. The molecule has 144 valence electrons. The average molecular weight is 395 g/mol. The summed E-state index contributed by atoms with van der Waals surface area (Å²) in [6.07, 6.45) is 0.606. The number of thioether (sulfide) groups is 1. The van der Waals surface area contributed by atoms with Gasteiger partial charge in [0.15, 0.2) is 11.3 Å². The van der Waals surface area contributed by atoms with Crippen LogP contribution in [0.1, 0.15) is 32.0 Å². The highest BCUT2D eigenvalue weighted by Crippen LogP contribution is 2.31. The maximum atomic E-state index is 12.9. The Labute approximate surface area is 168 Å². The molecule has 7 heteroatoms. The summed E-state index contributed by atoms with van der Waals surface area (Å²) in [4.78, 5) is 17.8. The number of hydrogen-bond donors (Lipinski definition) is 1. The number of benzene rings is 2. The standard InChI is InChI=1S/C21H22N4O2S/c1-3-13-28-21-23-20(26)18-16-7-5-6-8-17(16)22-19(25(18)24-21)14-9-11-15(12-10-14)27-4-2/h5-12,19H,3-4,13H2,1-2H3,(H,23,24,26)/t19-/m0/s1. The number of nitrogens with zero attached hydrogens (tertiary/aromatic N) is 3. The molecule has 2 aromatic rings. The van der Waals surface area contributed by atoms with Gasteiger partial charge in [0.05, 0.1) is 12.0 Å². The first kappa shape index (κ1) is 18.6. The quantitative estimate of drug-likeness (QED) is 0.846. The normalized spacial score (nSPS) is 17.9. The number of para-hydroxylation sites is 1. The molecule has 2 heterocycles. The van der Waals surface area contributed by atoms with Crippen LogP contribution < -0.4 is 20.6 Å². The molecule has 0 fully saturated rings. The van der Waals surface area contributed by atoms with Crippen LogP contribution in [0.4, 0.5) is 0 Å². The van der Waals surface area contributed by atoms with E-state index in [1.54, 1.807) is 16.8 Å². The smallest absolute Gasteiger partial charge is 0.276 e. The van der Waals surface area contributed by atoms with Gasteiger partial charge in [0.2, 0.25) is 0 Å². The van der Waals surface area contributed by atoms with Crippen molar-refractivity contribution in [3.63, 3.8) is 0 Å². The van der Waals surface area contributed by atoms with E-state index in [0.29, 0.717) is 17.5 Å². The molecule has 0 bridgehead atoms. The molecule has 2 aliphatic rings. The lowest BCUT2D eigenvalue weighted by Crippen LogP contribution is -2.50. The summed E-state index contributed by atoms with van der Waals surface area (Å²) in [5.74, 6) is 1.56.